The normalized spacial score (nSPS) is 12.7. The van der Waals surface area contributed by atoms with Crippen molar-refractivity contribution in [2.45, 2.75) is 12.8 Å². The molecule has 0 aliphatic heterocycles. The summed E-state index contributed by atoms with van der Waals surface area (Å²) in [5.74, 6) is 0.301. The van der Waals surface area contributed by atoms with Crippen LogP contribution in [-0.4, -0.2) is 16.3 Å². The van der Waals surface area contributed by atoms with Gasteiger partial charge in [-0.2, -0.15) is 5.10 Å². The second-order valence-corrected chi connectivity index (χ2v) is 4.61. The van der Waals surface area contributed by atoms with Crippen molar-refractivity contribution in [1.82, 2.24) is 9.78 Å². The Kier molecular flexibility index (Phi) is 3.41. The Hall–Kier alpha value is -1.13. The van der Waals surface area contributed by atoms with Crippen molar-refractivity contribution in [3.05, 3.63) is 46.7 Å². The van der Waals surface area contributed by atoms with E-state index in [0.29, 0.717) is 12.5 Å². The van der Waals surface area contributed by atoms with Crippen molar-refractivity contribution in [2.75, 3.05) is 6.54 Å². The fraction of sp³-hybridized carbons (Fsp3) is 0.250. The van der Waals surface area contributed by atoms with Gasteiger partial charge in [0.2, 0.25) is 0 Å². The molecule has 0 aliphatic carbocycles. The molecule has 1 aromatic carbocycles. The Morgan fingerprint density at radius 1 is 1.38 bits per heavy atom. The summed E-state index contributed by atoms with van der Waals surface area (Å²) in [6, 6.07) is 10.0. The molecule has 0 spiro atoms. The third-order valence-electron chi connectivity index (χ3n) is 2.61. The van der Waals surface area contributed by atoms with E-state index in [1.165, 1.54) is 0 Å². The fourth-order valence-corrected chi connectivity index (χ4v) is 2.08. The van der Waals surface area contributed by atoms with Crippen LogP contribution in [0.15, 0.2) is 41.0 Å². The van der Waals surface area contributed by atoms with Gasteiger partial charge in [-0.3, -0.25) is 0 Å². The van der Waals surface area contributed by atoms with Gasteiger partial charge in [-0.15, -0.1) is 0 Å². The largest absolute Gasteiger partial charge is 0.330 e. The lowest BCUT2D eigenvalue weighted by Crippen LogP contribution is -2.13. The molecular weight excluding hydrogens is 266 g/mol. The molecular formula is C12H14BrN3. The maximum atomic E-state index is 5.70. The summed E-state index contributed by atoms with van der Waals surface area (Å²) >= 11 is 3.53. The van der Waals surface area contributed by atoms with Gasteiger partial charge in [0.05, 0.1) is 5.69 Å². The zero-order valence-corrected chi connectivity index (χ0v) is 10.7. The van der Waals surface area contributed by atoms with Crippen molar-refractivity contribution in [3.63, 3.8) is 0 Å². The van der Waals surface area contributed by atoms with Crippen LogP contribution in [0.25, 0.3) is 5.69 Å². The molecule has 1 unspecified atom stereocenters. The predicted molar refractivity (Wildman–Crippen MR) is 68.7 cm³/mol. The monoisotopic (exact) mass is 279 g/mol. The van der Waals surface area contributed by atoms with E-state index >= 15 is 0 Å². The number of hydrogen-bond acceptors (Lipinski definition) is 2. The Morgan fingerprint density at radius 2 is 2.12 bits per heavy atom. The van der Waals surface area contributed by atoms with E-state index < -0.39 is 0 Å². The summed E-state index contributed by atoms with van der Waals surface area (Å²) < 4.78 is 2.96. The second kappa shape index (κ2) is 4.80. The number of nitrogens with zero attached hydrogens (tertiary/aromatic N) is 2. The smallest absolute Gasteiger partial charge is 0.0790 e. The third kappa shape index (κ3) is 2.03. The molecule has 0 saturated heterocycles. The molecule has 2 N–H and O–H groups in total. The second-order valence-electron chi connectivity index (χ2n) is 3.76. The summed E-state index contributed by atoms with van der Waals surface area (Å²) in [5.41, 5.74) is 7.87. The number of rotatable bonds is 3. The van der Waals surface area contributed by atoms with Gasteiger partial charge in [0.1, 0.15) is 0 Å². The highest BCUT2D eigenvalue weighted by atomic mass is 79.9. The van der Waals surface area contributed by atoms with Crippen molar-refractivity contribution >= 4 is 15.9 Å². The van der Waals surface area contributed by atoms with Gasteiger partial charge in [0, 0.05) is 28.8 Å². The van der Waals surface area contributed by atoms with Gasteiger partial charge >= 0.3 is 0 Å². The predicted octanol–water partition coefficient (Wildman–Crippen LogP) is 2.70. The molecule has 0 aliphatic rings. The lowest BCUT2D eigenvalue weighted by molar-refractivity contribution is 0.690. The van der Waals surface area contributed by atoms with Gasteiger partial charge < -0.3 is 5.73 Å². The topological polar surface area (TPSA) is 43.8 Å². The molecule has 2 aromatic rings. The number of nitrogens with two attached hydrogens (primary N) is 1. The fourth-order valence-electron chi connectivity index (χ4n) is 1.63. The number of aromatic nitrogens is 2. The van der Waals surface area contributed by atoms with E-state index in [4.69, 9.17) is 5.73 Å². The van der Waals surface area contributed by atoms with Crippen molar-refractivity contribution in [2.24, 2.45) is 5.73 Å². The molecule has 1 atom stereocenters. The van der Waals surface area contributed by atoms with Gasteiger partial charge in [-0.25, -0.2) is 4.68 Å². The van der Waals surface area contributed by atoms with Crippen molar-refractivity contribution in [1.29, 1.82) is 0 Å². The van der Waals surface area contributed by atoms with Gasteiger partial charge in [-0.1, -0.05) is 19.1 Å². The number of halogens is 1. The van der Waals surface area contributed by atoms with Crippen LogP contribution in [0.4, 0.5) is 0 Å². The number of benzene rings is 1. The number of hydrogen-bond donors (Lipinski definition) is 1. The van der Waals surface area contributed by atoms with Crippen LogP contribution >= 0.6 is 15.9 Å². The van der Waals surface area contributed by atoms with Crippen LogP contribution in [-0.2, 0) is 0 Å². The maximum absolute atomic E-state index is 5.70. The lowest BCUT2D eigenvalue weighted by Gasteiger charge is -2.13. The highest BCUT2D eigenvalue weighted by Gasteiger charge is 2.12. The molecule has 1 heterocycles. The highest BCUT2D eigenvalue weighted by Crippen LogP contribution is 2.24. The molecule has 0 radical (unpaired) electrons. The minimum atomic E-state index is 0.301. The molecule has 2 rings (SSSR count). The molecule has 0 saturated carbocycles. The Bertz CT molecular complexity index is 479. The van der Waals surface area contributed by atoms with E-state index in [9.17, 15) is 0 Å². The van der Waals surface area contributed by atoms with E-state index in [-0.39, 0.29) is 0 Å². The lowest BCUT2D eigenvalue weighted by atomic mass is 10.1. The molecule has 0 amide bonds. The SMILES string of the molecule is CC(CN)c1ccnn1-c1ccccc1Br. The van der Waals surface area contributed by atoms with Crippen LogP contribution in [0, 0.1) is 0 Å². The molecule has 0 fully saturated rings. The van der Waals surface area contributed by atoms with E-state index in [1.807, 2.05) is 35.0 Å². The van der Waals surface area contributed by atoms with Crippen LogP contribution in [0.3, 0.4) is 0 Å². The molecule has 16 heavy (non-hydrogen) atoms. The summed E-state index contributed by atoms with van der Waals surface area (Å²) in [4.78, 5) is 0. The zero-order chi connectivity index (χ0) is 11.5. The third-order valence-corrected chi connectivity index (χ3v) is 3.28. The van der Waals surface area contributed by atoms with Crippen LogP contribution in [0.2, 0.25) is 0 Å². The Balaban J connectivity index is 2.49. The molecule has 0 bridgehead atoms. The average Bonchev–Trinajstić information content (AvgIpc) is 2.77. The van der Waals surface area contributed by atoms with Crippen molar-refractivity contribution < 1.29 is 0 Å². The minimum Gasteiger partial charge on any atom is -0.330 e. The molecule has 3 nitrogen and oxygen atoms in total. The molecule has 1 aromatic heterocycles. The van der Waals surface area contributed by atoms with E-state index in [0.717, 1.165) is 15.9 Å². The van der Waals surface area contributed by atoms with Crippen LogP contribution in [0.5, 0.6) is 0 Å². The standard InChI is InChI=1S/C12H14BrN3/c1-9(8-14)11-6-7-15-16(11)12-5-3-2-4-10(12)13/h2-7,9H,8,14H2,1H3. The summed E-state index contributed by atoms with van der Waals surface area (Å²) in [7, 11) is 0. The van der Waals surface area contributed by atoms with Crippen LogP contribution in [0.1, 0.15) is 18.5 Å². The number of para-hydroxylation sites is 1. The summed E-state index contributed by atoms with van der Waals surface area (Å²) in [6.07, 6.45) is 1.81. The molecule has 4 heteroatoms. The van der Waals surface area contributed by atoms with Gasteiger partial charge in [0.25, 0.3) is 0 Å². The first-order valence-electron chi connectivity index (χ1n) is 5.23. The van der Waals surface area contributed by atoms with Gasteiger partial charge in [0.15, 0.2) is 0 Å². The first-order chi connectivity index (χ1) is 7.74. The summed E-state index contributed by atoms with van der Waals surface area (Å²) in [6.45, 7) is 2.72. The van der Waals surface area contributed by atoms with Gasteiger partial charge in [-0.05, 0) is 34.1 Å². The van der Waals surface area contributed by atoms with Crippen molar-refractivity contribution in [3.8, 4) is 5.69 Å². The maximum Gasteiger partial charge on any atom is 0.0790 e. The quantitative estimate of drug-likeness (QED) is 0.939. The zero-order valence-electron chi connectivity index (χ0n) is 9.10. The van der Waals surface area contributed by atoms with E-state index in [2.05, 4.69) is 28.0 Å². The first-order valence-corrected chi connectivity index (χ1v) is 6.02. The molecule has 84 valence electrons. The highest BCUT2D eigenvalue weighted by molar-refractivity contribution is 9.10. The Labute approximate surface area is 103 Å². The average molecular weight is 280 g/mol. The van der Waals surface area contributed by atoms with Crippen LogP contribution < -0.4 is 5.73 Å². The minimum absolute atomic E-state index is 0.301. The Morgan fingerprint density at radius 3 is 2.81 bits per heavy atom. The van der Waals surface area contributed by atoms with E-state index in [1.54, 1.807) is 6.20 Å². The summed E-state index contributed by atoms with van der Waals surface area (Å²) in [5, 5.41) is 4.35. The first kappa shape index (κ1) is 11.4.